The normalized spacial score (nSPS) is 28.4. The van der Waals surface area contributed by atoms with Gasteiger partial charge in [-0.2, -0.15) is 0 Å². The summed E-state index contributed by atoms with van der Waals surface area (Å²) in [6, 6.07) is 0. The van der Waals surface area contributed by atoms with Crippen molar-refractivity contribution in [2.24, 2.45) is 0 Å². The summed E-state index contributed by atoms with van der Waals surface area (Å²) >= 11 is 0. The SMILES string of the molecule is CCN(O)c1ncnc2c(C3O[C@H](CO)[C@@H](O)[C@H]3O)coc12. The number of anilines is 1. The minimum atomic E-state index is -1.22. The largest absolute Gasteiger partial charge is 0.458 e. The van der Waals surface area contributed by atoms with Crippen LogP contribution in [0.4, 0.5) is 5.82 Å². The van der Waals surface area contributed by atoms with E-state index < -0.39 is 31.0 Å². The summed E-state index contributed by atoms with van der Waals surface area (Å²) in [6.45, 7) is 1.63. The predicted octanol–water partition coefficient (Wildman–Crippen LogP) is -0.408. The van der Waals surface area contributed by atoms with E-state index in [2.05, 4.69) is 9.97 Å². The van der Waals surface area contributed by atoms with Crippen LogP contribution in [-0.2, 0) is 4.74 Å². The lowest BCUT2D eigenvalue weighted by molar-refractivity contribution is -0.0226. The Hall–Kier alpha value is -1.78. The van der Waals surface area contributed by atoms with Crippen LogP contribution in [-0.4, -0.2) is 62.0 Å². The van der Waals surface area contributed by atoms with Crippen molar-refractivity contribution >= 4 is 16.9 Å². The van der Waals surface area contributed by atoms with E-state index in [0.717, 1.165) is 5.06 Å². The van der Waals surface area contributed by atoms with Crippen LogP contribution >= 0.6 is 0 Å². The van der Waals surface area contributed by atoms with Gasteiger partial charge in [0, 0.05) is 12.1 Å². The second-order valence-corrected chi connectivity index (χ2v) is 5.04. The Morgan fingerprint density at radius 3 is 2.68 bits per heavy atom. The Morgan fingerprint density at radius 1 is 1.27 bits per heavy atom. The molecule has 0 bridgehead atoms. The van der Waals surface area contributed by atoms with Gasteiger partial charge in [0.1, 0.15) is 36.3 Å². The van der Waals surface area contributed by atoms with Gasteiger partial charge < -0.3 is 24.5 Å². The maximum atomic E-state index is 10.1. The molecule has 2 aromatic rings. The Labute approximate surface area is 125 Å². The molecule has 1 saturated heterocycles. The molecule has 1 unspecified atom stereocenters. The van der Waals surface area contributed by atoms with E-state index in [4.69, 9.17) is 14.3 Å². The van der Waals surface area contributed by atoms with Gasteiger partial charge in [0.25, 0.3) is 0 Å². The van der Waals surface area contributed by atoms with E-state index in [1.807, 2.05) is 0 Å². The van der Waals surface area contributed by atoms with E-state index in [9.17, 15) is 15.4 Å². The number of hydroxylamine groups is 1. The molecule has 9 heteroatoms. The summed E-state index contributed by atoms with van der Waals surface area (Å²) in [4.78, 5) is 8.06. The number of ether oxygens (including phenoxy) is 1. The Bertz CT molecular complexity index is 662. The highest BCUT2D eigenvalue weighted by molar-refractivity contribution is 5.86. The molecule has 9 nitrogen and oxygen atoms in total. The molecule has 120 valence electrons. The van der Waals surface area contributed by atoms with Crippen molar-refractivity contribution in [2.45, 2.75) is 31.3 Å². The van der Waals surface area contributed by atoms with E-state index >= 15 is 0 Å². The summed E-state index contributed by atoms with van der Waals surface area (Å²) < 4.78 is 10.9. The highest BCUT2D eigenvalue weighted by atomic mass is 16.6. The number of fused-ring (bicyclic) bond motifs is 1. The first-order chi connectivity index (χ1) is 10.6. The van der Waals surface area contributed by atoms with Crippen LogP contribution in [0.5, 0.6) is 0 Å². The molecule has 0 radical (unpaired) electrons. The number of aliphatic hydroxyl groups excluding tert-OH is 3. The third-order valence-corrected chi connectivity index (χ3v) is 3.76. The van der Waals surface area contributed by atoms with Gasteiger partial charge in [-0.15, -0.1) is 0 Å². The molecule has 1 fully saturated rings. The van der Waals surface area contributed by atoms with E-state index in [1.165, 1.54) is 12.6 Å². The summed E-state index contributed by atoms with van der Waals surface area (Å²) in [7, 11) is 0. The molecule has 0 saturated carbocycles. The molecule has 0 spiro atoms. The number of hydrogen-bond donors (Lipinski definition) is 4. The molecule has 0 aliphatic carbocycles. The Kier molecular flexibility index (Phi) is 3.98. The molecule has 22 heavy (non-hydrogen) atoms. The molecule has 1 aliphatic heterocycles. The number of rotatable bonds is 4. The van der Waals surface area contributed by atoms with Crippen molar-refractivity contribution in [3.05, 3.63) is 18.2 Å². The second kappa shape index (κ2) is 5.78. The van der Waals surface area contributed by atoms with E-state index in [-0.39, 0.29) is 11.4 Å². The standard InChI is InChI=1S/C13H17N3O6/c1-2-16(20)13-12-8(14-5-15-13)6(4-21-12)11-10(19)9(18)7(3-17)22-11/h4-5,7,9-11,17-20H,2-3H2,1H3/t7-,9-,10-,11?/m1/s1. The van der Waals surface area contributed by atoms with Gasteiger partial charge in [-0.25, -0.2) is 15.0 Å². The van der Waals surface area contributed by atoms with Crippen molar-refractivity contribution < 1.29 is 29.7 Å². The fourth-order valence-electron chi connectivity index (χ4n) is 2.55. The molecular formula is C13H17N3O6. The quantitative estimate of drug-likeness (QED) is 0.556. The molecular weight excluding hydrogens is 294 g/mol. The molecule has 0 amide bonds. The molecule has 3 rings (SSSR count). The Balaban J connectivity index is 2.03. The summed E-state index contributed by atoms with van der Waals surface area (Å²) in [5, 5.41) is 39.8. The third-order valence-electron chi connectivity index (χ3n) is 3.76. The van der Waals surface area contributed by atoms with Crippen molar-refractivity contribution in [3.63, 3.8) is 0 Å². The fraction of sp³-hybridized carbons (Fsp3) is 0.538. The van der Waals surface area contributed by atoms with Gasteiger partial charge in [-0.05, 0) is 6.92 Å². The van der Waals surface area contributed by atoms with Gasteiger partial charge in [0.15, 0.2) is 11.4 Å². The average Bonchev–Trinajstić information content (AvgIpc) is 3.08. The number of aromatic nitrogens is 2. The van der Waals surface area contributed by atoms with Crippen molar-refractivity contribution in [3.8, 4) is 0 Å². The maximum absolute atomic E-state index is 10.1. The maximum Gasteiger partial charge on any atom is 0.199 e. The molecule has 2 aromatic heterocycles. The number of nitrogens with zero attached hydrogens (tertiary/aromatic N) is 3. The monoisotopic (exact) mass is 311 g/mol. The van der Waals surface area contributed by atoms with Crippen LogP contribution in [0.25, 0.3) is 11.1 Å². The van der Waals surface area contributed by atoms with Crippen molar-refractivity contribution in [1.82, 2.24) is 9.97 Å². The van der Waals surface area contributed by atoms with Crippen LogP contribution < -0.4 is 5.06 Å². The van der Waals surface area contributed by atoms with Gasteiger partial charge >= 0.3 is 0 Å². The topological polar surface area (TPSA) is 132 Å². The number of furan rings is 1. The minimum Gasteiger partial charge on any atom is -0.458 e. The fourth-order valence-corrected chi connectivity index (χ4v) is 2.55. The average molecular weight is 311 g/mol. The highest BCUT2D eigenvalue weighted by Crippen LogP contribution is 2.38. The third kappa shape index (κ3) is 2.23. The van der Waals surface area contributed by atoms with Crippen LogP contribution in [0.1, 0.15) is 18.6 Å². The second-order valence-electron chi connectivity index (χ2n) is 5.04. The summed E-state index contributed by atoms with van der Waals surface area (Å²) in [5.74, 6) is 0.200. The molecule has 4 N–H and O–H groups in total. The van der Waals surface area contributed by atoms with Crippen LogP contribution in [0.3, 0.4) is 0 Å². The smallest absolute Gasteiger partial charge is 0.199 e. The highest BCUT2D eigenvalue weighted by Gasteiger charge is 2.44. The first-order valence-electron chi connectivity index (χ1n) is 6.89. The number of hydrogen-bond acceptors (Lipinski definition) is 9. The first kappa shape index (κ1) is 15.1. The van der Waals surface area contributed by atoms with Crippen LogP contribution in [0.2, 0.25) is 0 Å². The Morgan fingerprint density at radius 2 is 2.05 bits per heavy atom. The zero-order valence-electron chi connectivity index (χ0n) is 11.8. The minimum absolute atomic E-state index is 0.200. The van der Waals surface area contributed by atoms with Gasteiger partial charge in [-0.1, -0.05) is 0 Å². The van der Waals surface area contributed by atoms with E-state index in [0.29, 0.717) is 17.6 Å². The van der Waals surface area contributed by atoms with Gasteiger partial charge in [0.05, 0.1) is 12.9 Å². The summed E-state index contributed by atoms with van der Waals surface area (Å²) in [6.07, 6.45) is -1.58. The molecule has 4 atom stereocenters. The zero-order chi connectivity index (χ0) is 15.9. The van der Waals surface area contributed by atoms with Gasteiger partial charge in [0.2, 0.25) is 0 Å². The summed E-state index contributed by atoms with van der Waals surface area (Å²) in [5.41, 5.74) is 1.04. The predicted molar refractivity (Wildman–Crippen MR) is 73.3 cm³/mol. The van der Waals surface area contributed by atoms with Crippen molar-refractivity contribution in [2.75, 3.05) is 18.2 Å². The van der Waals surface area contributed by atoms with Crippen molar-refractivity contribution in [1.29, 1.82) is 0 Å². The van der Waals surface area contributed by atoms with Crippen LogP contribution in [0, 0.1) is 0 Å². The molecule has 3 heterocycles. The van der Waals surface area contributed by atoms with Crippen LogP contribution in [0.15, 0.2) is 17.0 Å². The lowest BCUT2D eigenvalue weighted by Crippen LogP contribution is -2.32. The lowest BCUT2D eigenvalue weighted by atomic mass is 10.0. The zero-order valence-corrected chi connectivity index (χ0v) is 11.8. The van der Waals surface area contributed by atoms with Gasteiger partial charge in [-0.3, -0.25) is 5.21 Å². The number of aliphatic hydroxyl groups is 3. The molecule has 0 aromatic carbocycles. The lowest BCUT2D eigenvalue weighted by Gasteiger charge is -2.14. The molecule has 1 aliphatic rings. The van der Waals surface area contributed by atoms with E-state index in [1.54, 1.807) is 6.92 Å². The first-order valence-corrected chi connectivity index (χ1v) is 6.89.